The molecule has 15 nitrogen and oxygen atoms in total. The van der Waals surface area contributed by atoms with Crippen LogP contribution < -0.4 is 0 Å². The number of carbonyl (C=O) groups is 4. The minimum atomic E-state index is -1.59. The smallest absolute Gasteiger partial charge is 0.339 e. The van der Waals surface area contributed by atoms with Gasteiger partial charge in [-0.05, 0) is 27.7 Å². The predicted molar refractivity (Wildman–Crippen MR) is 126 cm³/mol. The van der Waals surface area contributed by atoms with E-state index in [-0.39, 0.29) is 6.61 Å². The molecule has 0 amide bonds. The molecule has 40 heavy (non-hydrogen) atoms. The van der Waals surface area contributed by atoms with E-state index in [4.69, 9.17) is 52.1 Å². The van der Waals surface area contributed by atoms with Crippen LogP contribution >= 0.6 is 0 Å². The second kappa shape index (κ2) is 11.5. The summed E-state index contributed by atoms with van der Waals surface area (Å²) in [7, 11) is 1.10. The Hall–Kier alpha value is -2.40. The van der Waals surface area contributed by atoms with Gasteiger partial charge in [-0.15, -0.1) is 0 Å². The first kappa shape index (κ1) is 30.6. The van der Waals surface area contributed by atoms with Gasteiger partial charge in [-0.25, -0.2) is 4.79 Å². The van der Waals surface area contributed by atoms with E-state index in [1.54, 1.807) is 27.7 Å². The Morgan fingerprint density at radius 2 is 1.20 bits per heavy atom. The van der Waals surface area contributed by atoms with Crippen LogP contribution in [-0.2, 0) is 71.3 Å². The van der Waals surface area contributed by atoms with Crippen molar-refractivity contribution in [2.24, 2.45) is 0 Å². The summed E-state index contributed by atoms with van der Waals surface area (Å²) in [4.78, 5) is 48.5. The van der Waals surface area contributed by atoms with Crippen molar-refractivity contribution in [3.8, 4) is 0 Å². The molecule has 4 rings (SSSR count). The first-order valence-electron chi connectivity index (χ1n) is 12.8. The largest absolute Gasteiger partial charge is 0.467 e. The van der Waals surface area contributed by atoms with E-state index in [0.29, 0.717) is 0 Å². The van der Waals surface area contributed by atoms with Crippen molar-refractivity contribution in [2.75, 3.05) is 13.7 Å². The Bertz CT molecular complexity index is 995. The van der Waals surface area contributed by atoms with Crippen LogP contribution in [0.15, 0.2) is 0 Å². The third-order valence-corrected chi connectivity index (χ3v) is 6.51. The van der Waals surface area contributed by atoms with E-state index in [2.05, 4.69) is 0 Å². The highest BCUT2D eigenvalue weighted by molar-refractivity contribution is 5.77. The highest BCUT2D eigenvalue weighted by Crippen LogP contribution is 2.44. The molecule has 0 aromatic carbocycles. The van der Waals surface area contributed by atoms with Crippen molar-refractivity contribution in [2.45, 2.75) is 121 Å². The second-order valence-corrected chi connectivity index (χ2v) is 10.7. The van der Waals surface area contributed by atoms with Crippen LogP contribution in [0, 0.1) is 0 Å². The normalized spacial score (nSPS) is 39.4. The topological polar surface area (TPSA) is 170 Å². The summed E-state index contributed by atoms with van der Waals surface area (Å²) < 4.78 is 62.9. The number of hydrogen-bond donors (Lipinski definition) is 0. The van der Waals surface area contributed by atoms with Crippen molar-refractivity contribution in [1.29, 1.82) is 0 Å². The molecule has 226 valence electrons. The highest BCUT2D eigenvalue weighted by Gasteiger charge is 2.61. The lowest BCUT2D eigenvalue weighted by molar-refractivity contribution is -0.314. The lowest BCUT2D eigenvalue weighted by atomic mass is 9.97. The molecule has 0 radical (unpaired) electrons. The van der Waals surface area contributed by atoms with Crippen LogP contribution in [0.2, 0.25) is 0 Å². The van der Waals surface area contributed by atoms with E-state index >= 15 is 0 Å². The van der Waals surface area contributed by atoms with Crippen LogP contribution in [0.1, 0.15) is 48.5 Å². The van der Waals surface area contributed by atoms with Gasteiger partial charge in [0, 0.05) is 20.8 Å². The van der Waals surface area contributed by atoms with E-state index in [1.165, 1.54) is 0 Å². The van der Waals surface area contributed by atoms with Gasteiger partial charge in [0.1, 0.15) is 24.4 Å². The number of carbonyl (C=O) groups excluding carboxylic acids is 4. The van der Waals surface area contributed by atoms with Gasteiger partial charge in [-0.2, -0.15) is 0 Å². The SMILES string of the molecule is COC(=O)[C@H]1O[C@@H](OC[C@H]2O[C@@H]3OC(C)(C)O[C@@H]3[C@H]3OC(C)(C)O[C@H]32)[C@H](OC(C)=O)[C@@H](OC(C)=O)[C@@H]1OC(C)=O. The van der Waals surface area contributed by atoms with Gasteiger partial charge in [0.2, 0.25) is 0 Å². The summed E-state index contributed by atoms with van der Waals surface area (Å²) in [5.41, 5.74) is 0. The maximum Gasteiger partial charge on any atom is 0.339 e. The summed E-state index contributed by atoms with van der Waals surface area (Å²) in [6.07, 6.45) is -10.9. The maximum atomic E-state index is 12.6. The van der Waals surface area contributed by atoms with Crippen LogP contribution in [0.5, 0.6) is 0 Å². The fourth-order valence-electron chi connectivity index (χ4n) is 5.23. The molecule has 15 heteroatoms. The summed E-state index contributed by atoms with van der Waals surface area (Å²) in [6, 6.07) is 0. The minimum absolute atomic E-state index is 0.227. The van der Waals surface area contributed by atoms with Crippen LogP contribution in [0.4, 0.5) is 0 Å². The molecule has 0 unspecified atom stereocenters. The zero-order valence-corrected chi connectivity index (χ0v) is 23.6. The molecular weight excluding hydrogens is 540 g/mol. The molecule has 0 aromatic rings. The van der Waals surface area contributed by atoms with Crippen molar-refractivity contribution in [3.05, 3.63) is 0 Å². The zero-order chi connectivity index (χ0) is 29.6. The van der Waals surface area contributed by atoms with Gasteiger partial charge in [-0.3, -0.25) is 14.4 Å². The number of methoxy groups -OCH3 is 1. The first-order chi connectivity index (χ1) is 18.6. The second-order valence-electron chi connectivity index (χ2n) is 10.7. The van der Waals surface area contributed by atoms with Gasteiger partial charge in [0.05, 0.1) is 13.7 Å². The predicted octanol–water partition coefficient (Wildman–Crippen LogP) is 0.0925. The summed E-state index contributed by atoms with van der Waals surface area (Å²) >= 11 is 0. The minimum Gasteiger partial charge on any atom is -0.467 e. The maximum absolute atomic E-state index is 12.6. The molecule has 0 saturated carbocycles. The third kappa shape index (κ3) is 6.56. The van der Waals surface area contributed by atoms with Gasteiger partial charge >= 0.3 is 23.9 Å². The van der Waals surface area contributed by atoms with E-state index in [9.17, 15) is 19.2 Å². The Labute approximate surface area is 230 Å². The molecule has 0 aliphatic carbocycles. The Balaban J connectivity index is 1.60. The molecule has 4 aliphatic heterocycles. The van der Waals surface area contributed by atoms with Crippen molar-refractivity contribution in [1.82, 2.24) is 0 Å². The average Bonchev–Trinajstić information content (AvgIpc) is 3.32. The van der Waals surface area contributed by atoms with Crippen molar-refractivity contribution in [3.63, 3.8) is 0 Å². The number of fused-ring (bicyclic) bond motifs is 3. The molecular formula is C25H36O15. The summed E-state index contributed by atoms with van der Waals surface area (Å²) in [5.74, 6) is -5.22. The number of ether oxygens (including phenoxy) is 11. The summed E-state index contributed by atoms with van der Waals surface area (Å²) in [6.45, 7) is 10.1. The quantitative estimate of drug-likeness (QED) is 0.295. The fourth-order valence-corrected chi connectivity index (χ4v) is 5.23. The Kier molecular flexibility index (Phi) is 8.76. The molecule has 4 heterocycles. The van der Waals surface area contributed by atoms with E-state index in [0.717, 1.165) is 27.9 Å². The highest BCUT2D eigenvalue weighted by atomic mass is 16.9. The molecule has 4 aliphatic rings. The molecule has 0 spiro atoms. The Morgan fingerprint density at radius 1 is 0.675 bits per heavy atom. The number of hydrogen-bond acceptors (Lipinski definition) is 15. The van der Waals surface area contributed by atoms with E-state index < -0.39 is 96.9 Å². The van der Waals surface area contributed by atoms with Crippen LogP contribution in [-0.4, -0.2) is 111 Å². The monoisotopic (exact) mass is 576 g/mol. The molecule has 0 aromatic heterocycles. The van der Waals surface area contributed by atoms with Crippen LogP contribution in [0.25, 0.3) is 0 Å². The Morgan fingerprint density at radius 3 is 1.80 bits per heavy atom. The average molecular weight is 577 g/mol. The lowest BCUT2D eigenvalue weighted by Gasteiger charge is -2.44. The summed E-state index contributed by atoms with van der Waals surface area (Å²) in [5, 5.41) is 0. The molecule has 10 atom stereocenters. The number of rotatable bonds is 7. The molecule has 0 bridgehead atoms. The molecule has 0 N–H and O–H groups in total. The molecule has 4 fully saturated rings. The van der Waals surface area contributed by atoms with Gasteiger partial charge in [0.25, 0.3) is 0 Å². The van der Waals surface area contributed by atoms with Gasteiger partial charge < -0.3 is 52.1 Å². The first-order valence-corrected chi connectivity index (χ1v) is 12.8. The number of esters is 4. The van der Waals surface area contributed by atoms with Gasteiger partial charge in [0.15, 0.2) is 48.6 Å². The fraction of sp³-hybridized carbons (Fsp3) is 0.840. The van der Waals surface area contributed by atoms with Crippen molar-refractivity contribution >= 4 is 23.9 Å². The van der Waals surface area contributed by atoms with Crippen molar-refractivity contribution < 1.29 is 71.3 Å². The van der Waals surface area contributed by atoms with Gasteiger partial charge in [-0.1, -0.05) is 0 Å². The lowest BCUT2D eigenvalue weighted by Crippen LogP contribution is -2.64. The third-order valence-electron chi connectivity index (χ3n) is 6.51. The molecule has 4 saturated heterocycles. The zero-order valence-electron chi connectivity index (χ0n) is 23.6. The van der Waals surface area contributed by atoms with E-state index in [1.807, 2.05) is 0 Å². The standard InChI is InChI=1S/C25H36O15/c1-10(26)32-15-16(33-11(2)27)19(34-12(3)28)22(36-18(15)21(29)30-8)31-9-13-14-17(38-24(4,5)37-14)20-23(35-13)40-25(6,7)39-20/h13-20,22-23H,9H2,1-8H3/t13-,14+,15+,16+,17+,18+,19-,20-,22-,23-/m1/s1. The van der Waals surface area contributed by atoms with Crippen LogP contribution in [0.3, 0.4) is 0 Å².